The van der Waals surface area contributed by atoms with Crippen molar-refractivity contribution in [3.05, 3.63) is 249 Å². The van der Waals surface area contributed by atoms with E-state index in [-0.39, 0.29) is 23.4 Å². The number of aryl methyl sites for hydroxylation is 5. The summed E-state index contributed by atoms with van der Waals surface area (Å²) < 4.78 is 50.2. The van der Waals surface area contributed by atoms with E-state index in [4.69, 9.17) is 23.7 Å². The van der Waals surface area contributed by atoms with Gasteiger partial charge in [0.1, 0.15) is 11.2 Å². The average Bonchev–Trinajstić information content (AvgIpc) is 0.798. The number of fused-ring (bicyclic) bond motifs is 1. The number of ether oxygens (including phenoxy) is 5. The third-order valence-electron chi connectivity index (χ3n) is 19.7. The Bertz CT molecular complexity index is 3660. The van der Waals surface area contributed by atoms with Crippen LogP contribution >= 0.6 is 23.5 Å². The fourth-order valence-electron chi connectivity index (χ4n) is 12.9. The molecule has 99 heavy (non-hydrogen) atoms. The van der Waals surface area contributed by atoms with Crippen LogP contribution in [0.2, 0.25) is 0 Å². The standard InChI is InChI=1S/C16H20O3.C16H20O2S.C15H16O2.C12H16O3S.C12H16O2.C12H16OS/c1-12(2)15(17)19-16(8-10-18-11-9-16)14-6-4-13(3)5-7-14;1-12(2)15(17)18-16(8-10-19-11-9-16)14-6-4-13(3)5-7-14;16-15(8-10-17-11-9-15)14-7-3-5-12-4-1-2-6-13(12)14;1-10-2-4-11(5-3-10)12(13)6-8-16(14,15)9-7-12;2*1-10-2-4-11(5-3-10)12(13)6-8-14-9-7-12/h2*4-7H,1,8-11H2,2-3H3;1-7,16H,8-11H2;2-5,13H,6-9H2,1H3;2*2-5,13H,6-9H2,1H3. The highest BCUT2D eigenvalue weighted by Gasteiger charge is 2.41. The summed E-state index contributed by atoms with van der Waals surface area (Å²) in [6.07, 6.45) is 8.29. The summed E-state index contributed by atoms with van der Waals surface area (Å²) in [6.45, 7) is 24.7. The van der Waals surface area contributed by atoms with Crippen LogP contribution in [0.4, 0.5) is 0 Å². The maximum Gasteiger partial charge on any atom is 0.334 e. The van der Waals surface area contributed by atoms with Gasteiger partial charge in [0.15, 0.2) is 9.84 Å². The van der Waals surface area contributed by atoms with E-state index in [1.807, 2.05) is 134 Å². The van der Waals surface area contributed by atoms with Crippen molar-refractivity contribution in [2.24, 2.45) is 0 Å². The molecule has 13 rings (SSSR count). The lowest BCUT2D eigenvalue weighted by atomic mass is 9.83. The van der Waals surface area contributed by atoms with Crippen molar-refractivity contribution in [1.29, 1.82) is 0 Å². The third-order valence-corrected chi connectivity index (χ3v) is 23.3. The van der Waals surface area contributed by atoms with Gasteiger partial charge in [0.25, 0.3) is 0 Å². The van der Waals surface area contributed by atoms with Gasteiger partial charge in [0, 0.05) is 88.9 Å². The van der Waals surface area contributed by atoms with Crippen LogP contribution in [-0.2, 0) is 76.7 Å². The lowest BCUT2D eigenvalue weighted by Crippen LogP contribution is -2.38. The monoisotopic (exact) mass is 1400 g/mol. The number of benzene rings is 7. The van der Waals surface area contributed by atoms with Gasteiger partial charge in [-0.3, -0.25) is 0 Å². The Balaban J connectivity index is 0.000000152. The summed E-state index contributed by atoms with van der Waals surface area (Å²) in [6, 6.07) is 54.9. The van der Waals surface area contributed by atoms with Crippen LogP contribution in [0.15, 0.2) is 188 Å². The highest BCUT2D eigenvalue weighted by Crippen LogP contribution is 2.42. The Labute approximate surface area is 597 Å². The van der Waals surface area contributed by atoms with E-state index in [1.165, 1.54) is 27.6 Å². The van der Waals surface area contributed by atoms with E-state index in [0.717, 1.165) is 93.0 Å². The molecule has 0 aliphatic carbocycles. The fourth-order valence-corrected chi connectivity index (χ4v) is 16.7. The molecule has 13 nitrogen and oxygen atoms in total. The van der Waals surface area contributed by atoms with Gasteiger partial charge in [-0.15, -0.1) is 0 Å². The SMILES string of the molecule is C=C(C)C(=O)OC1(c2ccc(C)cc2)CCOCC1.C=C(C)C(=O)OC1(c2ccc(C)cc2)CCSCC1.Cc1ccc(C2(O)CCOCC2)cc1.Cc1ccc(C2(O)CCS(=O)(=O)CC2)cc1.Cc1ccc(C2(O)CCSCC2)cc1.OC1(c2cccc3ccccc23)CCOCC1. The maximum absolute atomic E-state index is 11.9. The second-order valence-corrected chi connectivity index (χ2v) is 32.3. The molecular formula is C83H104O13S3. The Morgan fingerprint density at radius 3 is 1.07 bits per heavy atom. The molecule has 7 aromatic carbocycles. The predicted octanol–water partition coefficient (Wildman–Crippen LogP) is 15.9. The minimum atomic E-state index is -2.93. The summed E-state index contributed by atoms with van der Waals surface area (Å²) in [5.74, 6) is 3.74. The molecule has 0 radical (unpaired) electrons. The molecule has 6 aliphatic heterocycles. The highest BCUT2D eigenvalue weighted by molar-refractivity contribution is 7.99. The first-order chi connectivity index (χ1) is 47.2. The van der Waals surface area contributed by atoms with Crippen LogP contribution < -0.4 is 0 Å². The lowest BCUT2D eigenvalue weighted by molar-refractivity contribution is -0.166. The van der Waals surface area contributed by atoms with Crippen molar-refractivity contribution in [2.45, 2.75) is 159 Å². The molecular weight excluding hydrogens is 1300 g/mol. The summed E-state index contributed by atoms with van der Waals surface area (Å²) in [4.78, 5) is 23.8. The zero-order chi connectivity index (χ0) is 71.3. The topological polar surface area (TPSA) is 195 Å². The van der Waals surface area contributed by atoms with Gasteiger partial charge < -0.3 is 44.1 Å². The largest absolute Gasteiger partial charge is 0.451 e. The van der Waals surface area contributed by atoms with Crippen molar-refractivity contribution in [2.75, 3.05) is 74.2 Å². The van der Waals surface area contributed by atoms with Crippen molar-refractivity contribution in [3.63, 3.8) is 0 Å². The smallest absolute Gasteiger partial charge is 0.334 e. The van der Waals surface area contributed by atoms with E-state index in [2.05, 4.69) is 101 Å². The Kier molecular flexibility index (Phi) is 28.4. The first-order valence-corrected chi connectivity index (χ1v) is 38.9. The normalized spacial score (nSPS) is 19.7. The number of rotatable bonds is 10. The van der Waals surface area contributed by atoms with Crippen LogP contribution in [0.3, 0.4) is 0 Å². The second-order valence-electron chi connectivity index (χ2n) is 27.5. The van der Waals surface area contributed by atoms with Gasteiger partial charge in [0.05, 0.1) is 47.1 Å². The van der Waals surface area contributed by atoms with Crippen LogP contribution in [0, 0.1) is 34.6 Å². The molecule has 4 N–H and O–H groups in total. The minimum Gasteiger partial charge on any atom is -0.451 e. The number of aliphatic hydroxyl groups is 4. The van der Waals surface area contributed by atoms with Gasteiger partial charge in [-0.2, -0.15) is 23.5 Å². The van der Waals surface area contributed by atoms with Gasteiger partial charge in [-0.25, -0.2) is 18.0 Å². The third kappa shape index (κ3) is 22.1. The van der Waals surface area contributed by atoms with Crippen molar-refractivity contribution in [3.8, 4) is 0 Å². The summed E-state index contributed by atoms with van der Waals surface area (Å²) >= 11 is 3.85. The summed E-state index contributed by atoms with van der Waals surface area (Å²) in [7, 11) is -2.93. The molecule has 0 atom stereocenters. The molecule has 0 aromatic heterocycles. The summed E-state index contributed by atoms with van der Waals surface area (Å²) in [5, 5.41) is 44.3. The highest BCUT2D eigenvalue weighted by atomic mass is 32.2. The first-order valence-electron chi connectivity index (χ1n) is 34.8. The van der Waals surface area contributed by atoms with Gasteiger partial charge >= 0.3 is 11.9 Å². The molecule has 0 bridgehead atoms. The quantitative estimate of drug-likeness (QED) is 0.0745. The van der Waals surface area contributed by atoms with E-state index >= 15 is 0 Å². The molecule has 0 spiro atoms. The molecule has 6 heterocycles. The van der Waals surface area contributed by atoms with Crippen molar-refractivity contribution >= 4 is 56.1 Å². The number of hydrogen-bond donors (Lipinski definition) is 4. The molecule has 0 unspecified atom stereocenters. The van der Waals surface area contributed by atoms with E-state index in [0.29, 0.717) is 102 Å². The van der Waals surface area contributed by atoms with Crippen LogP contribution in [0.5, 0.6) is 0 Å². The Hall–Kier alpha value is -6.41. The Morgan fingerprint density at radius 2 is 0.687 bits per heavy atom. The number of carbonyl (C=O) groups is 2. The number of sulfone groups is 1. The van der Waals surface area contributed by atoms with Gasteiger partial charge in [-0.1, -0.05) is 205 Å². The van der Waals surface area contributed by atoms with E-state index in [9.17, 15) is 38.4 Å². The maximum atomic E-state index is 11.9. The molecule has 0 saturated carbocycles. The van der Waals surface area contributed by atoms with Gasteiger partial charge in [-0.05, 0) is 141 Å². The number of hydrogen-bond acceptors (Lipinski definition) is 15. The average molecular weight is 1410 g/mol. The Morgan fingerprint density at radius 1 is 0.384 bits per heavy atom. The van der Waals surface area contributed by atoms with Gasteiger partial charge in [0.2, 0.25) is 0 Å². The predicted molar refractivity (Wildman–Crippen MR) is 402 cm³/mol. The first kappa shape index (κ1) is 78.3. The molecule has 7 aromatic rings. The number of carbonyl (C=O) groups excluding carboxylic acids is 2. The molecule has 0 amide bonds. The zero-order valence-corrected chi connectivity index (χ0v) is 61.6. The molecule has 16 heteroatoms. The zero-order valence-electron chi connectivity index (χ0n) is 59.2. The molecule has 532 valence electrons. The number of thioether (sulfide) groups is 2. The van der Waals surface area contributed by atoms with Crippen molar-refractivity contribution < 1.29 is 62.1 Å². The number of esters is 2. The van der Waals surface area contributed by atoms with Crippen LogP contribution in [0.1, 0.15) is 152 Å². The fraction of sp³-hybridized carbons (Fsp3) is 0.446. The molecule has 6 saturated heterocycles. The molecule has 6 fully saturated rings. The van der Waals surface area contributed by atoms with Crippen molar-refractivity contribution in [1.82, 2.24) is 0 Å². The van der Waals surface area contributed by atoms with Crippen LogP contribution in [-0.4, -0.2) is 115 Å². The molecule has 6 aliphatic rings. The lowest BCUT2D eigenvalue weighted by Gasteiger charge is -2.37. The summed E-state index contributed by atoms with van der Waals surface area (Å²) in [5.41, 5.74) is 9.10. The second kappa shape index (κ2) is 36.0. The van der Waals surface area contributed by atoms with E-state index < -0.39 is 43.4 Å². The van der Waals surface area contributed by atoms with Crippen LogP contribution in [0.25, 0.3) is 10.8 Å². The van der Waals surface area contributed by atoms with E-state index in [1.54, 1.807) is 13.8 Å². The minimum absolute atomic E-state index is 0.0807.